The highest BCUT2D eigenvalue weighted by molar-refractivity contribution is 9.12. The van der Waals surface area contributed by atoms with Gasteiger partial charge in [-0.2, -0.15) is 0 Å². The molecular weight excluding hydrogens is 420 g/mol. The number of carbonyl (C=O) groups excluding carboxylic acids is 1. The summed E-state index contributed by atoms with van der Waals surface area (Å²) < 4.78 is 2.48. The maximum Gasteiger partial charge on any atom is 0.257 e. The predicted octanol–water partition coefficient (Wildman–Crippen LogP) is 2.82. The Morgan fingerprint density at radius 2 is 2.05 bits per heavy atom. The van der Waals surface area contributed by atoms with Crippen molar-refractivity contribution in [3.05, 3.63) is 46.1 Å². The second kappa shape index (κ2) is 7.15. The summed E-state index contributed by atoms with van der Waals surface area (Å²) in [6.45, 7) is 1.96. The van der Waals surface area contributed by atoms with E-state index in [1.807, 2.05) is 19.1 Å². The van der Waals surface area contributed by atoms with Crippen LogP contribution < -0.4 is 10.6 Å². The van der Waals surface area contributed by atoms with Crippen LogP contribution in [0.1, 0.15) is 15.9 Å². The Kier molecular flexibility index (Phi) is 5.49. The number of benzene rings is 1. The van der Waals surface area contributed by atoms with Crippen LogP contribution in [0.25, 0.3) is 0 Å². The number of thiocarbonyl (C=S) groups is 1. The molecule has 0 saturated heterocycles. The summed E-state index contributed by atoms with van der Waals surface area (Å²) in [6, 6.07) is 7.25. The summed E-state index contributed by atoms with van der Waals surface area (Å²) in [7, 11) is 0. The third-order valence-corrected chi connectivity index (χ3v) is 3.84. The van der Waals surface area contributed by atoms with Gasteiger partial charge in [0.05, 0.1) is 20.6 Å². The van der Waals surface area contributed by atoms with Crippen LogP contribution in [0.4, 0.5) is 0 Å². The predicted molar refractivity (Wildman–Crippen MR) is 94.4 cm³/mol. The van der Waals surface area contributed by atoms with Crippen LogP contribution in [0.2, 0.25) is 0 Å². The lowest BCUT2D eigenvalue weighted by Crippen LogP contribution is -2.48. The fraction of sp³-hybridized carbons (Fsp3) is 0.154. The van der Waals surface area contributed by atoms with Crippen molar-refractivity contribution in [2.75, 3.05) is 0 Å². The number of hydrogen-bond acceptors (Lipinski definition) is 4. The quantitative estimate of drug-likeness (QED) is 0.558. The molecule has 0 radical (unpaired) electrons. The molecule has 0 bridgehead atoms. The van der Waals surface area contributed by atoms with Crippen molar-refractivity contribution in [3.8, 4) is 0 Å². The third-order valence-electron chi connectivity index (χ3n) is 2.62. The number of aryl methyl sites for hydroxylation is 1. The van der Waals surface area contributed by atoms with Crippen LogP contribution in [0, 0.1) is 6.92 Å². The largest absolute Gasteiger partial charge is 0.323 e. The zero-order valence-electron chi connectivity index (χ0n) is 11.0. The minimum Gasteiger partial charge on any atom is -0.323 e. The summed E-state index contributed by atoms with van der Waals surface area (Å²) >= 11 is 11.8. The van der Waals surface area contributed by atoms with Crippen molar-refractivity contribution in [3.63, 3.8) is 0 Å². The van der Waals surface area contributed by atoms with Gasteiger partial charge in [-0.1, -0.05) is 17.7 Å². The highest BCUT2D eigenvalue weighted by atomic mass is 79.9. The molecule has 110 valence electrons. The van der Waals surface area contributed by atoms with E-state index in [4.69, 9.17) is 12.2 Å². The Morgan fingerprint density at radius 1 is 1.38 bits per heavy atom. The Hall–Kier alpha value is -1.25. The van der Waals surface area contributed by atoms with E-state index < -0.39 is 6.29 Å². The average Bonchev–Trinajstić information content (AvgIpc) is 2.42. The number of amides is 1. The van der Waals surface area contributed by atoms with Gasteiger partial charge in [0, 0.05) is 18.0 Å². The zero-order valence-corrected chi connectivity index (χ0v) is 15.0. The summed E-state index contributed by atoms with van der Waals surface area (Å²) in [5.74, 6) is -0.259. The second-order valence-electron chi connectivity index (χ2n) is 4.30. The number of carbonyl (C=O) groups is 1. The Labute approximate surface area is 145 Å². The Morgan fingerprint density at radius 3 is 2.67 bits per heavy atom. The molecule has 8 heteroatoms. The number of aliphatic imine (C=N–C) groups is 1. The van der Waals surface area contributed by atoms with Crippen molar-refractivity contribution >= 4 is 61.5 Å². The van der Waals surface area contributed by atoms with Gasteiger partial charge in [-0.05, 0) is 47.2 Å². The molecule has 21 heavy (non-hydrogen) atoms. The molecule has 1 unspecified atom stereocenters. The first-order valence-corrected chi connectivity index (χ1v) is 7.90. The van der Waals surface area contributed by atoms with Crippen LogP contribution >= 0.6 is 44.3 Å². The van der Waals surface area contributed by atoms with E-state index in [-0.39, 0.29) is 11.0 Å². The van der Waals surface area contributed by atoms with Gasteiger partial charge in [0.1, 0.15) is 0 Å². The summed E-state index contributed by atoms with van der Waals surface area (Å²) in [5, 5.41) is 5.75. The molecule has 1 amide bonds. The van der Waals surface area contributed by atoms with E-state index in [0.717, 1.165) is 10.0 Å². The lowest BCUT2D eigenvalue weighted by Gasteiger charge is -2.25. The van der Waals surface area contributed by atoms with Crippen molar-refractivity contribution in [2.24, 2.45) is 4.99 Å². The summed E-state index contributed by atoms with van der Waals surface area (Å²) in [4.78, 5) is 16.2. The highest BCUT2D eigenvalue weighted by Crippen LogP contribution is 2.16. The molecule has 1 aromatic carbocycles. The maximum absolute atomic E-state index is 12.0. The third kappa shape index (κ3) is 4.62. The molecule has 2 N–H and O–H groups in total. The van der Waals surface area contributed by atoms with Gasteiger partial charge in [-0.15, -0.1) is 0 Å². The fourth-order valence-electron chi connectivity index (χ4n) is 1.56. The lowest BCUT2D eigenvalue weighted by molar-refractivity contribution is 0.0976. The molecule has 5 nitrogen and oxygen atoms in total. The van der Waals surface area contributed by atoms with Crippen LogP contribution in [-0.2, 0) is 0 Å². The SMILES string of the molecule is Cc1ccc(C(=O)NC(=S)NC2N=CC(Br)=CN2Br)cc1. The maximum atomic E-state index is 12.0. The molecule has 2 rings (SSSR count). The number of allylic oxidation sites excluding steroid dienone is 1. The second-order valence-corrected chi connectivity index (χ2v) is 6.45. The molecule has 1 aromatic rings. The van der Waals surface area contributed by atoms with Crippen molar-refractivity contribution in [1.29, 1.82) is 0 Å². The van der Waals surface area contributed by atoms with E-state index in [0.29, 0.717) is 5.56 Å². The average molecular weight is 432 g/mol. The molecule has 0 saturated carbocycles. The minimum atomic E-state index is -0.419. The lowest BCUT2D eigenvalue weighted by atomic mass is 10.1. The zero-order chi connectivity index (χ0) is 15.4. The molecule has 0 spiro atoms. The van der Waals surface area contributed by atoms with Crippen LogP contribution in [0.3, 0.4) is 0 Å². The molecule has 0 aromatic heterocycles. The van der Waals surface area contributed by atoms with E-state index in [2.05, 4.69) is 47.7 Å². The standard InChI is InChI=1S/C13H12Br2N4OS/c1-8-2-4-9(5-3-8)11(20)17-13(21)18-12-16-6-10(14)7-19(12)15/h2-7,12H,1H3,(H2,17,18,20,21). The number of rotatable bonds is 2. The Balaban J connectivity index is 1.92. The number of hydrogen-bond donors (Lipinski definition) is 2. The van der Waals surface area contributed by atoms with Gasteiger partial charge in [0.2, 0.25) is 6.29 Å². The van der Waals surface area contributed by atoms with Crippen molar-refractivity contribution in [2.45, 2.75) is 13.2 Å². The molecule has 1 heterocycles. The van der Waals surface area contributed by atoms with Gasteiger partial charge in [-0.25, -0.2) is 4.99 Å². The monoisotopic (exact) mass is 430 g/mol. The fourth-order valence-corrected chi connectivity index (χ4v) is 2.80. The minimum absolute atomic E-state index is 0.207. The van der Waals surface area contributed by atoms with E-state index in [1.54, 1.807) is 28.5 Å². The van der Waals surface area contributed by atoms with Gasteiger partial charge >= 0.3 is 0 Å². The van der Waals surface area contributed by atoms with Crippen LogP contribution in [0.5, 0.6) is 0 Å². The van der Waals surface area contributed by atoms with E-state index >= 15 is 0 Å². The summed E-state index contributed by atoms with van der Waals surface area (Å²) in [6.07, 6.45) is 3.02. The number of nitrogens with zero attached hydrogens (tertiary/aromatic N) is 2. The number of halogens is 2. The number of nitrogens with one attached hydrogen (secondary N) is 2. The first-order chi connectivity index (χ1) is 9.95. The van der Waals surface area contributed by atoms with Crippen LogP contribution in [-0.4, -0.2) is 27.4 Å². The van der Waals surface area contributed by atoms with E-state index in [9.17, 15) is 4.79 Å². The molecule has 0 fully saturated rings. The van der Waals surface area contributed by atoms with Crippen molar-refractivity contribution in [1.82, 2.24) is 14.6 Å². The van der Waals surface area contributed by atoms with Gasteiger partial charge in [0.25, 0.3) is 5.91 Å². The van der Waals surface area contributed by atoms with Crippen LogP contribution in [0.15, 0.2) is 39.9 Å². The molecular formula is C13H12Br2N4OS. The smallest absolute Gasteiger partial charge is 0.257 e. The molecule has 1 atom stereocenters. The van der Waals surface area contributed by atoms with Gasteiger partial charge in [-0.3, -0.25) is 14.0 Å². The molecule has 0 aliphatic carbocycles. The van der Waals surface area contributed by atoms with Crippen molar-refractivity contribution < 1.29 is 4.79 Å². The highest BCUT2D eigenvalue weighted by Gasteiger charge is 2.17. The van der Waals surface area contributed by atoms with E-state index in [1.165, 1.54) is 0 Å². The summed E-state index contributed by atoms with van der Waals surface area (Å²) in [5.41, 5.74) is 1.64. The molecule has 1 aliphatic rings. The normalized spacial score (nSPS) is 17.2. The first kappa shape index (κ1) is 16.1. The van der Waals surface area contributed by atoms with Gasteiger partial charge in [0.15, 0.2) is 5.11 Å². The topological polar surface area (TPSA) is 56.7 Å². The van der Waals surface area contributed by atoms with Gasteiger partial charge < -0.3 is 5.32 Å². The molecule has 1 aliphatic heterocycles. The Bertz CT molecular complexity index is 615. The first-order valence-electron chi connectivity index (χ1n) is 5.99.